The van der Waals surface area contributed by atoms with Crippen molar-refractivity contribution in [3.05, 3.63) is 60.4 Å². The van der Waals surface area contributed by atoms with Crippen LogP contribution >= 0.6 is 0 Å². The van der Waals surface area contributed by atoms with E-state index in [1.54, 1.807) is 35.1 Å². The molecule has 1 fully saturated rings. The topological polar surface area (TPSA) is 97.1 Å². The largest absolute Gasteiger partial charge is 0.293 e. The molecule has 9 nitrogen and oxygen atoms in total. The molecule has 0 amide bonds. The fourth-order valence-corrected chi connectivity index (χ4v) is 4.45. The van der Waals surface area contributed by atoms with Gasteiger partial charge in [-0.15, -0.1) is 5.10 Å². The van der Waals surface area contributed by atoms with Crippen molar-refractivity contribution in [1.82, 2.24) is 34.4 Å². The van der Waals surface area contributed by atoms with Crippen molar-refractivity contribution >= 4 is 10.0 Å². The van der Waals surface area contributed by atoms with Crippen molar-refractivity contribution in [2.24, 2.45) is 0 Å². The number of halogens is 1. The third kappa shape index (κ3) is 3.77. The average molecular weight is 403 g/mol. The molecule has 0 saturated carbocycles. The minimum atomic E-state index is -3.54. The maximum atomic E-state index is 13.1. The molecule has 1 aliphatic heterocycles. The van der Waals surface area contributed by atoms with Crippen LogP contribution in [-0.4, -0.2) is 69.0 Å². The first-order chi connectivity index (χ1) is 13.5. The van der Waals surface area contributed by atoms with Crippen LogP contribution in [0.1, 0.15) is 5.82 Å². The van der Waals surface area contributed by atoms with Gasteiger partial charge < -0.3 is 0 Å². The highest BCUT2D eigenvalue weighted by Crippen LogP contribution is 2.18. The number of piperazine rings is 1. The van der Waals surface area contributed by atoms with Crippen LogP contribution in [-0.2, 0) is 16.6 Å². The highest BCUT2D eigenvalue weighted by molar-refractivity contribution is 7.89. The zero-order valence-corrected chi connectivity index (χ0v) is 15.7. The summed E-state index contributed by atoms with van der Waals surface area (Å²) in [4.78, 5) is 6.17. The van der Waals surface area contributed by atoms with Crippen LogP contribution in [0.25, 0.3) is 5.69 Å². The lowest BCUT2D eigenvalue weighted by Crippen LogP contribution is -2.48. The molecule has 0 atom stereocenters. The molecule has 1 aromatic carbocycles. The van der Waals surface area contributed by atoms with Gasteiger partial charge in [-0.25, -0.2) is 12.8 Å². The summed E-state index contributed by atoms with van der Waals surface area (Å²) < 4.78 is 41.5. The molecule has 0 aliphatic carbocycles. The van der Waals surface area contributed by atoms with Gasteiger partial charge in [0.15, 0.2) is 5.82 Å². The van der Waals surface area contributed by atoms with Crippen LogP contribution in [0.2, 0.25) is 0 Å². The first kappa shape index (κ1) is 18.6. The quantitative estimate of drug-likeness (QED) is 0.619. The van der Waals surface area contributed by atoms with Crippen molar-refractivity contribution in [3.63, 3.8) is 0 Å². The van der Waals surface area contributed by atoms with Crippen molar-refractivity contribution in [1.29, 1.82) is 0 Å². The lowest BCUT2D eigenvalue weighted by atomic mass is 10.3. The maximum Gasteiger partial charge on any atom is 0.244 e. The van der Waals surface area contributed by atoms with Gasteiger partial charge in [-0.3, -0.25) is 9.88 Å². The van der Waals surface area contributed by atoms with Crippen molar-refractivity contribution < 1.29 is 12.8 Å². The molecule has 11 heteroatoms. The van der Waals surface area contributed by atoms with Crippen molar-refractivity contribution in [2.75, 3.05) is 26.2 Å². The second kappa shape index (κ2) is 7.70. The van der Waals surface area contributed by atoms with Gasteiger partial charge in [0.1, 0.15) is 10.7 Å². The number of hydrogen-bond donors (Lipinski definition) is 0. The highest BCUT2D eigenvalue weighted by atomic mass is 32.2. The Kier molecular flexibility index (Phi) is 5.11. The average Bonchev–Trinajstić information content (AvgIpc) is 3.18. The van der Waals surface area contributed by atoms with Gasteiger partial charge in [-0.2, -0.15) is 8.99 Å². The predicted octanol–water partition coefficient (Wildman–Crippen LogP) is 0.703. The normalized spacial score (nSPS) is 16.3. The predicted molar refractivity (Wildman–Crippen MR) is 97.4 cm³/mol. The fraction of sp³-hybridized carbons (Fsp3) is 0.294. The summed E-state index contributed by atoms with van der Waals surface area (Å²) in [5, 5.41) is 11.7. The maximum absolute atomic E-state index is 13.1. The molecule has 1 aliphatic rings. The number of rotatable bonds is 5. The summed E-state index contributed by atoms with van der Waals surface area (Å²) >= 11 is 0. The molecule has 0 spiro atoms. The molecular weight excluding hydrogens is 385 g/mol. The summed E-state index contributed by atoms with van der Waals surface area (Å²) in [5.41, 5.74) is 0.666. The number of sulfonamides is 1. The number of aromatic nitrogens is 5. The van der Waals surface area contributed by atoms with E-state index in [0.29, 0.717) is 44.2 Å². The Hall–Kier alpha value is -2.76. The molecule has 0 N–H and O–H groups in total. The minimum Gasteiger partial charge on any atom is -0.293 e. The van der Waals surface area contributed by atoms with Crippen LogP contribution in [0.15, 0.2) is 53.7 Å². The Labute approximate surface area is 161 Å². The summed E-state index contributed by atoms with van der Waals surface area (Å²) in [6.07, 6.45) is 2.90. The zero-order valence-electron chi connectivity index (χ0n) is 14.9. The number of pyridine rings is 1. The molecule has 146 valence electrons. The molecule has 4 rings (SSSR count). The molecule has 0 bridgehead atoms. The Morgan fingerprint density at radius 1 is 1.04 bits per heavy atom. The second-order valence-electron chi connectivity index (χ2n) is 6.35. The number of tetrazole rings is 1. The zero-order chi connectivity index (χ0) is 19.6. The van der Waals surface area contributed by atoms with Crippen LogP contribution in [0, 0.1) is 5.82 Å². The molecule has 28 heavy (non-hydrogen) atoms. The molecule has 2 aromatic heterocycles. The number of nitrogens with zero attached hydrogens (tertiary/aromatic N) is 7. The van der Waals surface area contributed by atoms with E-state index in [4.69, 9.17) is 0 Å². The fourth-order valence-electron chi connectivity index (χ4n) is 3.06. The summed E-state index contributed by atoms with van der Waals surface area (Å²) in [5.74, 6) is 0.277. The molecule has 3 heterocycles. The van der Waals surface area contributed by atoms with E-state index in [9.17, 15) is 12.8 Å². The van der Waals surface area contributed by atoms with Gasteiger partial charge in [0.05, 0.1) is 12.2 Å². The molecular formula is C17H18FN7O2S. The summed E-state index contributed by atoms with van der Waals surface area (Å²) in [7, 11) is -3.54. The molecule has 0 unspecified atom stereocenters. The van der Waals surface area contributed by atoms with Gasteiger partial charge in [0, 0.05) is 38.6 Å². The summed E-state index contributed by atoms with van der Waals surface area (Å²) in [6, 6.07) is 9.07. The van der Waals surface area contributed by atoms with Crippen LogP contribution in [0.5, 0.6) is 0 Å². The summed E-state index contributed by atoms with van der Waals surface area (Å²) in [6.45, 7) is 2.31. The minimum absolute atomic E-state index is 0.198. The lowest BCUT2D eigenvalue weighted by Gasteiger charge is -2.33. The van der Waals surface area contributed by atoms with E-state index in [2.05, 4.69) is 25.4 Å². The monoisotopic (exact) mass is 403 g/mol. The first-order valence-corrected chi connectivity index (χ1v) is 10.1. The van der Waals surface area contributed by atoms with Gasteiger partial charge in [-0.05, 0) is 46.8 Å². The van der Waals surface area contributed by atoms with Gasteiger partial charge >= 0.3 is 0 Å². The molecule has 1 saturated heterocycles. The van der Waals surface area contributed by atoms with Crippen molar-refractivity contribution in [3.8, 4) is 5.69 Å². The van der Waals surface area contributed by atoms with E-state index < -0.39 is 10.0 Å². The Bertz CT molecular complexity index is 1030. The van der Waals surface area contributed by atoms with E-state index >= 15 is 0 Å². The Morgan fingerprint density at radius 3 is 2.46 bits per heavy atom. The van der Waals surface area contributed by atoms with Crippen LogP contribution in [0.3, 0.4) is 0 Å². The van der Waals surface area contributed by atoms with E-state index in [1.807, 2.05) is 0 Å². The number of benzene rings is 1. The molecule has 0 radical (unpaired) electrons. The van der Waals surface area contributed by atoms with Crippen LogP contribution in [0.4, 0.5) is 4.39 Å². The first-order valence-electron chi connectivity index (χ1n) is 8.70. The SMILES string of the molecule is O=S(=O)(c1cccnc1)N1CCN(Cc2nnnn2-c2ccc(F)cc2)CC1. The third-order valence-electron chi connectivity index (χ3n) is 4.57. The highest BCUT2D eigenvalue weighted by Gasteiger charge is 2.29. The smallest absolute Gasteiger partial charge is 0.244 e. The van der Waals surface area contributed by atoms with Gasteiger partial charge in [-0.1, -0.05) is 0 Å². The van der Waals surface area contributed by atoms with Gasteiger partial charge in [0.25, 0.3) is 0 Å². The van der Waals surface area contributed by atoms with Gasteiger partial charge in [0.2, 0.25) is 10.0 Å². The number of hydrogen-bond acceptors (Lipinski definition) is 7. The lowest BCUT2D eigenvalue weighted by molar-refractivity contribution is 0.177. The van der Waals surface area contributed by atoms with E-state index in [0.717, 1.165) is 0 Å². The standard InChI is InChI=1S/C17H18FN7O2S/c18-14-3-5-15(6-4-14)25-17(20-21-22-25)13-23-8-10-24(11-9-23)28(26,27)16-2-1-7-19-12-16/h1-7,12H,8-11,13H2. The second-order valence-corrected chi connectivity index (χ2v) is 8.29. The molecule has 3 aromatic rings. The van der Waals surface area contributed by atoms with E-state index in [1.165, 1.54) is 22.6 Å². The van der Waals surface area contributed by atoms with Crippen LogP contribution < -0.4 is 0 Å². The Balaban J connectivity index is 1.42. The third-order valence-corrected chi connectivity index (χ3v) is 6.46. The van der Waals surface area contributed by atoms with E-state index in [-0.39, 0.29) is 10.7 Å². The Morgan fingerprint density at radius 2 is 1.79 bits per heavy atom. The van der Waals surface area contributed by atoms with Crippen molar-refractivity contribution in [2.45, 2.75) is 11.4 Å².